The first-order valence-corrected chi connectivity index (χ1v) is 18.8. The van der Waals surface area contributed by atoms with Crippen LogP contribution >= 0.6 is 11.3 Å². The van der Waals surface area contributed by atoms with E-state index in [4.69, 9.17) is 4.42 Å². The van der Waals surface area contributed by atoms with E-state index in [1.54, 1.807) is 0 Å². The second-order valence-electron chi connectivity index (χ2n) is 13.6. The summed E-state index contributed by atoms with van der Waals surface area (Å²) in [5.74, 6) is 0. The zero-order valence-electron chi connectivity index (χ0n) is 28.7. The summed E-state index contributed by atoms with van der Waals surface area (Å²) in [6.07, 6.45) is 0. The van der Waals surface area contributed by atoms with Crippen molar-refractivity contribution in [2.24, 2.45) is 0 Å². The van der Waals surface area contributed by atoms with Crippen LogP contribution in [0.3, 0.4) is 0 Å². The van der Waals surface area contributed by atoms with Crippen molar-refractivity contribution in [3.05, 3.63) is 188 Å². The Morgan fingerprint density at radius 2 is 1.08 bits per heavy atom. The SMILES string of the molecule is c1ccc(-c2ccccc2N(c2ccc3c(c2)sc2ccccc23)c2cccc3c(-c4ccc5ccc6oc7ccccc7c6c5c4)cccc23)cc1. The summed E-state index contributed by atoms with van der Waals surface area (Å²) in [4.78, 5) is 2.46. The Balaban J connectivity index is 1.15. The molecule has 9 aromatic carbocycles. The number of nitrogens with zero attached hydrogens (tertiary/aromatic N) is 1. The van der Waals surface area contributed by atoms with Crippen LogP contribution in [0.4, 0.5) is 17.1 Å². The van der Waals surface area contributed by atoms with E-state index in [-0.39, 0.29) is 0 Å². The molecule has 0 N–H and O–H groups in total. The Labute approximate surface area is 310 Å². The van der Waals surface area contributed by atoms with E-state index in [0.717, 1.165) is 33.6 Å². The third-order valence-corrected chi connectivity index (χ3v) is 11.8. The maximum atomic E-state index is 6.28. The van der Waals surface area contributed by atoms with Crippen molar-refractivity contribution in [2.75, 3.05) is 4.90 Å². The van der Waals surface area contributed by atoms with Gasteiger partial charge in [0, 0.05) is 47.6 Å². The maximum absolute atomic E-state index is 6.28. The van der Waals surface area contributed by atoms with Gasteiger partial charge >= 0.3 is 0 Å². The minimum Gasteiger partial charge on any atom is -0.456 e. The fraction of sp³-hybridized carbons (Fsp3) is 0. The maximum Gasteiger partial charge on any atom is 0.136 e. The molecule has 0 radical (unpaired) electrons. The predicted molar refractivity (Wildman–Crippen MR) is 227 cm³/mol. The lowest BCUT2D eigenvalue weighted by Crippen LogP contribution is -2.11. The number of fused-ring (bicyclic) bond motifs is 9. The molecular weight excluding hydrogens is 663 g/mol. The Bertz CT molecular complexity index is 3190. The molecule has 0 aliphatic carbocycles. The fourth-order valence-electron chi connectivity index (χ4n) is 8.24. The van der Waals surface area contributed by atoms with Gasteiger partial charge in [0.15, 0.2) is 0 Å². The predicted octanol–water partition coefficient (Wildman–Crippen LogP) is 15.1. The Morgan fingerprint density at radius 3 is 2.02 bits per heavy atom. The van der Waals surface area contributed by atoms with Gasteiger partial charge in [-0.15, -0.1) is 11.3 Å². The molecule has 248 valence electrons. The van der Waals surface area contributed by atoms with E-state index >= 15 is 0 Å². The molecule has 3 heteroatoms. The van der Waals surface area contributed by atoms with Gasteiger partial charge in [0.1, 0.15) is 11.2 Å². The number of thiophene rings is 1. The van der Waals surface area contributed by atoms with Gasteiger partial charge in [-0.3, -0.25) is 0 Å². The summed E-state index contributed by atoms with van der Waals surface area (Å²) < 4.78 is 8.87. The molecule has 11 aromatic rings. The van der Waals surface area contributed by atoms with Crippen LogP contribution in [-0.2, 0) is 0 Å². The van der Waals surface area contributed by atoms with E-state index in [1.165, 1.54) is 69.4 Å². The van der Waals surface area contributed by atoms with Crippen LogP contribution in [0.1, 0.15) is 0 Å². The highest BCUT2D eigenvalue weighted by atomic mass is 32.1. The first kappa shape index (κ1) is 30.0. The Hall–Kier alpha value is -6.68. The van der Waals surface area contributed by atoms with Crippen molar-refractivity contribution in [1.82, 2.24) is 0 Å². The van der Waals surface area contributed by atoms with E-state index < -0.39 is 0 Å². The molecular formula is C50H31NOS. The Morgan fingerprint density at radius 1 is 0.377 bits per heavy atom. The standard InChI is InChI=1S/C50H31NOS/c1-2-12-32(13-3-1)37-14-4-7-20-44(37)51(35-27-28-41-40-15-6-9-23-48(40)53-49(41)31-35)45-21-11-18-38-36(17-10-19-39(38)45)34-25-24-33-26-29-47-50(43(33)30-34)42-16-5-8-22-46(42)52-47/h1-31H. The Kier molecular flexibility index (Phi) is 6.76. The van der Waals surface area contributed by atoms with Gasteiger partial charge in [-0.05, 0) is 81.4 Å². The van der Waals surface area contributed by atoms with Gasteiger partial charge < -0.3 is 9.32 Å². The quantitative estimate of drug-likeness (QED) is 0.178. The molecule has 2 heterocycles. The van der Waals surface area contributed by atoms with Crippen molar-refractivity contribution in [3.8, 4) is 22.3 Å². The molecule has 2 nitrogen and oxygen atoms in total. The highest BCUT2D eigenvalue weighted by molar-refractivity contribution is 7.25. The highest BCUT2D eigenvalue weighted by Gasteiger charge is 2.21. The van der Waals surface area contributed by atoms with Crippen molar-refractivity contribution >= 4 is 92.1 Å². The van der Waals surface area contributed by atoms with E-state index in [9.17, 15) is 0 Å². The number of hydrogen-bond donors (Lipinski definition) is 0. The summed E-state index contributed by atoms with van der Waals surface area (Å²) in [6.45, 7) is 0. The topological polar surface area (TPSA) is 16.4 Å². The average Bonchev–Trinajstić information content (AvgIpc) is 3.80. The molecule has 0 amide bonds. The van der Waals surface area contributed by atoms with Crippen molar-refractivity contribution in [2.45, 2.75) is 0 Å². The van der Waals surface area contributed by atoms with E-state index in [0.29, 0.717) is 0 Å². The monoisotopic (exact) mass is 693 g/mol. The minimum absolute atomic E-state index is 0.916. The lowest BCUT2D eigenvalue weighted by atomic mass is 9.93. The summed E-state index contributed by atoms with van der Waals surface area (Å²) in [7, 11) is 0. The molecule has 2 aromatic heterocycles. The minimum atomic E-state index is 0.916. The summed E-state index contributed by atoms with van der Waals surface area (Å²) in [5, 5.41) is 9.72. The number of furan rings is 1. The van der Waals surface area contributed by atoms with Crippen LogP contribution in [0.5, 0.6) is 0 Å². The van der Waals surface area contributed by atoms with Gasteiger partial charge in [-0.2, -0.15) is 0 Å². The van der Waals surface area contributed by atoms with Crippen LogP contribution in [0.2, 0.25) is 0 Å². The highest BCUT2D eigenvalue weighted by Crippen LogP contribution is 2.47. The number of benzene rings is 9. The largest absolute Gasteiger partial charge is 0.456 e. The van der Waals surface area contributed by atoms with E-state index in [2.05, 4.69) is 187 Å². The van der Waals surface area contributed by atoms with E-state index in [1.807, 2.05) is 17.4 Å². The lowest BCUT2D eigenvalue weighted by Gasteiger charge is -2.29. The molecule has 0 spiro atoms. The molecule has 11 rings (SSSR count). The molecule has 0 saturated carbocycles. The first-order chi connectivity index (χ1) is 26.3. The number of rotatable bonds is 5. The summed E-state index contributed by atoms with van der Waals surface area (Å²) in [6, 6.07) is 68.1. The molecule has 0 aliphatic rings. The van der Waals surface area contributed by atoms with Gasteiger partial charge in [0.2, 0.25) is 0 Å². The molecule has 0 unspecified atom stereocenters. The molecule has 0 saturated heterocycles. The third kappa shape index (κ3) is 4.78. The summed E-state index contributed by atoms with van der Waals surface area (Å²) in [5.41, 5.74) is 9.99. The average molecular weight is 694 g/mol. The van der Waals surface area contributed by atoms with Crippen LogP contribution in [-0.4, -0.2) is 0 Å². The van der Waals surface area contributed by atoms with Crippen LogP contribution in [0.15, 0.2) is 192 Å². The fourth-order valence-corrected chi connectivity index (χ4v) is 9.38. The van der Waals surface area contributed by atoms with Crippen LogP contribution < -0.4 is 4.90 Å². The van der Waals surface area contributed by atoms with Gasteiger partial charge in [0.25, 0.3) is 0 Å². The molecule has 0 fully saturated rings. The smallest absolute Gasteiger partial charge is 0.136 e. The first-order valence-electron chi connectivity index (χ1n) is 18.0. The lowest BCUT2D eigenvalue weighted by molar-refractivity contribution is 0.669. The van der Waals surface area contributed by atoms with Gasteiger partial charge in [-0.25, -0.2) is 0 Å². The molecule has 53 heavy (non-hydrogen) atoms. The van der Waals surface area contributed by atoms with Gasteiger partial charge in [-0.1, -0.05) is 140 Å². The molecule has 0 atom stereocenters. The normalized spacial score (nSPS) is 11.8. The van der Waals surface area contributed by atoms with Gasteiger partial charge in [0.05, 0.1) is 11.4 Å². The van der Waals surface area contributed by atoms with Crippen molar-refractivity contribution < 1.29 is 4.42 Å². The second-order valence-corrected chi connectivity index (χ2v) is 14.7. The number of anilines is 3. The number of para-hydroxylation sites is 2. The third-order valence-electron chi connectivity index (χ3n) is 10.7. The number of hydrogen-bond acceptors (Lipinski definition) is 3. The van der Waals surface area contributed by atoms with Crippen LogP contribution in [0.25, 0.3) is 85.9 Å². The van der Waals surface area contributed by atoms with Crippen molar-refractivity contribution in [1.29, 1.82) is 0 Å². The van der Waals surface area contributed by atoms with Crippen LogP contribution in [0, 0.1) is 0 Å². The second kappa shape index (κ2) is 11.9. The van der Waals surface area contributed by atoms with Crippen molar-refractivity contribution in [3.63, 3.8) is 0 Å². The summed E-state index contributed by atoms with van der Waals surface area (Å²) >= 11 is 1.86. The zero-order valence-corrected chi connectivity index (χ0v) is 29.5. The zero-order chi connectivity index (χ0) is 34.9. The molecule has 0 bridgehead atoms. The molecule has 0 aliphatic heterocycles.